The Bertz CT molecular complexity index is 471. The average Bonchev–Trinajstić information content (AvgIpc) is 2.85. The first-order valence-electron chi connectivity index (χ1n) is 4.70. The van der Waals surface area contributed by atoms with Crippen molar-refractivity contribution in [3.63, 3.8) is 0 Å². The molecule has 0 saturated carbocycles. The lowest BCUT2D eigenvalue weighted by Gasteiger charge is -2.06. The zero-order valence-electron chi connectivity index (χ0n) is 8.30. The molecule has 0 fully saturated rings. The second-order valence-corrected chi connectivity index (χ2v) is 4.08. The van der Waals surface area contributed by atoms with Gasteiger partial charge in [0.15, 0.2) is 0 Å². The van der Waals surface area contributed by atoms with Crippen molar-refractivity contribution in [1.29, 1.82) is 0 Å². The lowest BCUT2D eigenvalue weighted by molar-refractivity contribution is 0.0685. The third kappa shape index (κ3) is 1.68. The van der Waals surface area contributed by atoms with E-state index in [2.05, 4.69) is 0 Å². The topological polar surface area (TPSA) is 42.2 Å². The van der Waals surface area contributed by atoms with E-state index in [1.165, 1.54) is 0 Å². The highest BCUT2D eigenvalue weighted by molar-refractivity contribution is 7.13. The van der Waals surface area contributed by atoms with Crippen molar-refractivity contribution in [2.75, 3.05) is 0 Å². The zero-order chi connectivity index (χ0) is 10.8. The molecule has 2 rings (SSSR count). The number of carboxylic acids is 1. The third-order valence-electron chi connectivity index (χ3n) is 2.29. The third-order valence-corrected chi connectivity index (χ3v) is 3.18. The molecule has 0 amide bonds. The number of hydrogen-bond acceptors (Lipinski definition) is 2. The highest BCUT2D eigenvalue weighted by Gasteiger charge is 2.13. The highest BCUT2D eigenvalue weighted by atomic mass is 32.1. The van der Waals surface area contributed by atoms with Gasteiger partial charge in [0, 0.05) is 6.54 Å². The maximum atomic E-state index is 10.9. The van der Waals surface area contributed by atoms with Crippen LogP contribution >= 0.6 is 11.3 Å². The second-order valence-electron chi connectivity index (χ2n) is 3.13. The van der Waals surface area contributed by atoms with Gasteiger partial charge >= 0.3 is 5.97 Å². The first-order valence-corrected chi connectivity index (χ1v) is 5.58. The van der Waals surface area contributed by atoms with Crippen LogP contribution in [-0.2, 0) is 6.54 Å². The van der Waals surface area contributed by atoms with Crippen molar-refractivity contribution in [3.05, 3.63) is 35.3 Å². The van der Waals surface area contributed by atoms with Gasteiger partial charge in [0.25, 0.3) is 0 Å². The fraction of sp³-hybridized carbons (Fsp3) is 0.182. The molecule has 0 unspecified atom stereocenters. The normalized spacial score (nSPS) is 10.5. The Hall–Kier alpha value is -1.55. The molecule has 1 N–H and O–H groups in total. The largest absolute Gasteiger partial charge is 0.477 e. The molecule has 78 valence electrons. The van der Waals surface area contributed by atoms with Gasteiger partial charge in [0.2, 0.25) is 0 Å². The first-order chi connectivity index (χ1) is 7.24. The van der Waals surface area contributed by atoms with E-state index >= 15 is 0 Å². The van der Waals surface area contributed by atoms with Gasteiger partial charge in [0.05, 0.1) is 10.6 Å². The lowest BCUT2D eigenvalue weighted by Crippen LogP contribution is -2.07. The van der Waals surface area contributed by atoms with Gasteiger partial charge in [-0.3, -0.25) is 0 Å². The summed E-state index contributed by atoms with van der Waals surface area (Å²) >= 11 is 1.62. The van der Waals surface area contributed by atoms with Gasteiger partial charge in [-0.15, -0.1) is 11.3 Å². The van der Waals surface area contributed by atoms with Crippen LogP contribution in [0.4, 0.5) is 0 Å². The van der Waals surface area contributed by atoms with Crippen molar-refractivity contribution in [2.45, 2.75) is 13.5 Å². The predicted molar refractivity (Wildman–Crippen MR) is 60.4 cm³/mol. The molecule has 0 aliphatic heterocycles. The molecule has 0 atom stereocenters. The Morgan fingerprint density at radius 1 is 1.47 bits per heavy atom. The van der Waals surface area contributed by atoms with E-state index < -0.39 is 5.97 Å². The monoisotopic (exact) mass is 221 g/mol. The minimum absolute atomic E-state index is 0.348. The molecule has 15 heavy (non-hydrogen) atoms. The second kappa shape index (κ2) is 3.90. The van der Waals surface area contributed by atoms with Crippen LogP contribution in [0.25, 0.3) is 10.6 Å². The number of nitrogens with zero attached hydrogens (tertiary/aromatic N) is 1. The van der Waals surface area contributed by atoms with E-state index in [-0.39, 0.29) is 0 Å². The SMILES string of the molecule is CCn1c(C(=O)O)ccc1-c1cccs1. The van der Waals surface area contributed by atoms with E-state index in [9.17, 15) is 4.79 Å². The Labute approximate surface area is 91.6 Å². The lowest BCUT2D eigenvalue weighted by atomic mass is 10.3. The molecule has 0 spiro atoms. The van der Waals surface area contributed by atoms with Crippen LogP contribution in [0, 0.1) is 0 Å². The average molecular weight is 221 g/mol. The Morgan fingerprint density at radius 3 is 2.80 bits per heavy atom. The standard InChI is InChI=1S/C11H11NO2S/c1-2-12-8(10-4-3-7-15-10)5-6-9(12)11(13)14/h3-7H,2H2,1H3,(H,13,14). The van der Waals surface area contributed by atoms with E-state index in [1.807, 2.05) is 35.1 Å². The van der Waals surface area contributed by atoms with Gasteiger partial charge < -0.3 is 9.67 Å². The minimum atomic E-state index is -0.875. The van der Waals surface area contributed by atoms with E-state index in [1.54, 1.807) is 17.4 Å². The van der Waals surface area contributed by atoms with Gasteiger partial charge in [-0.05, 0) is 30.5 Å². The number of carbonyl (C=O) groups is 1. The van der Waals surface area contributed by atoms with Crippen LogP contribution in [-0.4, -0.2) is 15.6 Å². The first kappa shape index (κ1) is 9.98. The fourth-order valence-electron chi connectivity index (χ4n) is 1.63. The highest BCUT2D eigenvalue weighted by Crippen LogP contribution is 2.26. The fourth-order valence-corrected chi connectivity index (χ4v) is 2.39. The molecule has 2 heterocycles. The molecule has 0 radical (unpaired) electrons. The van der Waals surface area contributed by atoms with Crippen LogP contribution in [0.5, 0.6) is 0 Å². The number of aromatic nitrogens is 1. The van der Waals surface area contributed by atoms with Crippen molar-refractivity contribution in [2.24, 2.45) is 0 Å². The smallest absolute Gasteiger partial charge is 0.352 e. The molecule has 2 aromatic rings. The van der Waals surface area contributed by atoms with Crippen LogP contribution < -0.4 is 0 Å². The van der Waals surface area contributed by atoms with Gasteiger partial charge in [-0.1, -0.05) is 6.07 Å². The maximum Gasteiger partial charge on any atom is 0.352 e. The van der Waals surface area contributed by atoms with Crippen LogP contribution in [0.15, 0.2) is 29.6 Å². The number of carboxylic acid groups (broad SMARTS) is 1. The molecule has 2 aromatic heterocycles. The van der Waals surface area contributed by atoms with Gasteiger partial charge in [-0.25, -0.2) is 4.79 Å². The van der Waals surface area contributed by atoms with Crippen LogP contribution in [0.1, 0.15) is 17.4 Å². The number of thiophene rings is 1. The van der Waals surface area contributed by atoms with Crippen molar-refractivity contribution in [1.82, 2.24) is 4.57 Å². The van der Waals surface area contributed by atoms with E-state index in [0.717, 1.165) is 10.6 Å². The number of aromatic carboxylic acids is 1. The van der Waals surface area contributed by atoms with E-state index in [4.69, 9.17) is 5.11 Å². The summed E-state index contributed by atoms with van der Waals surface area (Å²) in [7, 11) is 0. The Kier molecular flexibility index (Phi) is 2.60. The van der Waals surface area contributed by atoms with Gasteiger partial charge in [-0.2, -0.15) is 0 Å². The maximum absolute atomic E-state index is 10.9. The summed E-state index contributed by atoms with van der Waals surface area (Å²) in [4.78, 5) is 12.0. The summed E-state index contributed by atoms with van der Waals surface area (Å²) in [5, 5.41) is 11.0. The summed E-state index contributed by atoms with van der Waals surface area (Å²) in [5.74, 6) is -0.875. The van der Waals surface area contributed by atoms with Crippen LogP contribution in [0.2, 0.25) is 0 Å². The van der Waals surface area contributed by atoms with Gasteiger partial charge in [0.1, 0.15) is 5.69 Å². The Balaban J connectivity index is 2.54. The summed E-state index contributed by atoms with van der Waals surface area (Å²) < 4.78 is 1.81. The van der Waals surface area contributed by atoms with Crippen molar-refractivity contribution < 1.29 is 9.90 Å². The summed E-state index contributed by atoms with van der Waals surface area (Å²) in [6.45, 7) is 2.62. The zero-order valence-corrected chi connectivity index (χ0v) is 9.12. The molecule has 0 aromatic carbocycles. The molecular weight excluding hydrogens is 210 g/mol. The summed E-state index contributed by atoms with van der Waals surface area (Å²) in [6.07, 6.45) is 0. The van der Waals surface area contributed by atoms with Crippen molar-refractivity contribution in [3.8, 4) is 10.6 Å². The minimum Gasteiger partial charge on any atom is -0.477 e. The van der Waals surface area contributed by atoms with E-state index in [0.29, 0.717) is 12.2 Å². The summed E-state index contributed by atoms with van der Waals surface area (Å²) in [6, 6.07) is 7.48. The predicted octanol–water partition coefficient (Wildman–Crippen LogP) is 2.93. The molecule has 0 aliphatic carbocycles. The molecular formula is C11H11NO2S. The van der Waals surface area contributed by atoms with Crippen LogP contribution in [0.3, 0.4) is 0 Å². The molecule has 0 saturated heterocycles. The summed E-state index contributed by atoms with van der Waals surface area (Å²) in [5.41, 5.74) is 1.32. The molecule has 3 nitrogen and oxygen atoms in total. The Morgan fingerprint density at radius 2 is 2.27 bits per heavy atom. The molecule has 0 bridgehead atoms. The quantitative estimate of drug-likeness (QED) is 0.865. The van der Waals surface area contributed by atoms with Crippen molar-refractivity contribution >= 4 is 17.3 Å². The number of rotatable bonds is 3. The molecule has 4 heteroatoms. The number of hydrogen-bond donors (Lipinski definition) is 1. The molecule has 0 aliphatic rings.